The summed E-state index contributed by atoms with van der Waals surface area (Å²) < 4.78 is 82.0. The molecule has 2 aliphatic heterocycles. The van der Waals surface area contributed by atoms with Gasteiger partial charge in [-0.25, -0.2) is 18.2 Å². The van der Waals surface area contributed by atoms with Gasteiger partial charge < -0.3 is 10.6 Å². The molecule has 3 aliphatic rings. The highest BCUT2D eigenvalue weighted by Gasteiger charge is 2.51. The maximum Gasteiger partial charge on any atom is 0.417 e. The lowest BCUT2D eigenvalue weighted by atomic mass is 9.84. The number of rotatable bonds is 6. The van der Waals surface area contributed by atoms with Gasteiger partial charge in [-0.2, -0.15) is 13.2 Å². The molecule has 0 aromatic heterocycles. The molecule has 2 amide bonds. The molecule has 2 heterocycles. The maximum absolute atomic E-state index is 13.7. The average Bonchev–Trinajstić information content (AvgIpc) is 3.54. The van der Waals surface area contributed by atoms with Crippen molar-refractivity contribution < 1.29 is 35.9 Å². The van der Waals surface area contributed by atoms with E-state index in [4.69, 9.17) is 5.73 Å². The molecule has 38 heavy (non-hydrogen) atoms. The summed E-state index contributed by atoms with van der Waals surface area (Å²) in [5.74, 6) is -5.29. The predicted octanol–water partition coefficient (Wildman–Crippen LogP) is 4.68. The summed E-state index contributed by atoms with van der Waals surface area (Å²) in [4.78, 5) is 32.9. The second kappa shape index (κ2) is 9.02. The largest absolute Gasteiger partial charge is 0.417 e. The molecule has 1 saturated heterocycles. The molecule has 1 unspecified atom stereocenters. The highest BCUT2D eigenvalue weighted by Crippen LogP contribution is 2.46. The van der Waals surface area contributed by atoms with Crippen LogP contribution in [0.2, 0.25) is 0 Å². The van der Waals surface area contributed by atoms with E-state index in [1.807, 2.05) is 0 Å². The first-order valence-corrected chi connectivity index (χ1v) is 12.1. The van der Waals surface area contributed by atoms with Crippen molar-refractivity contribution in [2.45, 2.75) is 49.9 Å². The quantitative estimate of drug-likeness (QED) is 0.543. The summed E-state index contributed by atoms with van der Waals surface area (Å²) in [6.45, 7) is -1.64. The Morgan fingerprint density at radius 1 is 1.11 bits per heavy atom. The van der Waals surface area contributed by atoms with Crippen LogP contribution in [-0.4, -0.2) is 46.6 Å². The van der Waals surface area contributed by atoms with Gasteiger partial charge in [-0.1, -0.05) is 31.0 Å². The minimum Gasteiger partial charge on any atom is -0.369 e. The van der Waals surface area contributed by atoms with E-state index in [9.17, 15) is 35.9 Å². The minimum atomic E-state index is -4.91. The summed E-state index contributed by atoms with van der Waals surface area (Å²) in [6, 6.07) is 8.09. The average molecular weight is 538 g/mol. The van der Waals surface area contributed by atoms with Crippen LogP contribution < -0.4 is 5.73 Å². The van der Waals surface area contributed by atoms with Gasteiger partial charge in [0.15, 0.2) is 11.5 Å². The number of nitrogens with two attached hydrogens (primary N) is 1. The summed E-state index contributed by atoms with van der Waals surface area (Å²) in [6.07, 6.45) is -3.41. The van der Waals surface area contributed by atoms with Crippen LogP contribution in [0, 0.1) is 11.7 Å². The molecule has 6 nitrogen and oxygen atoms in total. The Bertz CT molecular complexity index is 1310. The number of amides is 2. The third-order valence-corrected chi connectivity index (χ3v) is 7.20. The SMILES string of the molecule is NC1=NC(CC2CC2)(c2ccc(F)cc2)C(=O)N1Cc1ccc(C(F)(F)F)c(C(=O)N2CCC(F)(F)C2)c1. The lowest BCUT2D eigenvalue weighted by Crippen LogP contribution is -2.43. The highest BCUT2D eigenvalue weighted by atomic mass is 19.4. The monoisotopic (exact) mass is 538 g/mol. The third kappa shape index (κ3) is 4.83. The summed E-state index contributed by atoms with van der Waals surface area (Å²) >= 11 is 0. The smallest absolute Gasteiger partial charge is 0.369 e. The first-order chi connectivity index (χ1) is 17.8. The number of hydrogen-bond donors (Lipinski definition) is 1. The van der Waals surface area contributed by atoms with Crippen molar-refractivity contribution >= 4 is 17.8 Å². The fourth-order valence-electron chi connectivity index (χ4n) is 5.06. The topological polar surface area (TPSA) is 79.0 Å². The van der Waals surface area contributed by atoms with Crippen LogP contribution in [-0.2, 0) is 23.1 Å². The Labute approximate surface area is 214 Å². The van der Waals surface area contributed by atoms with Gasteiger partial charge in [-0.15, -0.1) is 0 Å². The van der Waals surface area contributed by atoms with E-state index in [2.05, 4.69) is 4.99 Å². The van der Waals surface area contributed by atoms with Crippen molar-refractivity contribution in [3.63, 3.8) is 0 Å². The van der Waals surface area contributed by atoms with Crippen molar-refractivity contribution in [2.24, 2.45) is 16.6 Å². The maximum atomic E-state index is 13.7. The minimum absolute atomic E-state index is 0.139. The number of hydrogen-bond acceptors (Lipinski definition) is 4. The molecule has 2 fully saturated rings. The van der Waals surface area contributed by atoms with E-state index in [0.717, 1.165) is 29.9 Å². The predicted molar refractivity (Wildman–Crippen MR) is 125 cm³/mol. The number of halogens is 6. The van der Waals surface area contributed by atoms with E-state index in [-0.39, 0.29) is 30.5 Å². The fraction of sp³-hybridized carbons (Fsp3) is 0.423. The molecule has 202 valence electrons. The number of guanidine groups is 1. The molecule has 0 radical (unpaired) electrons. The zero-order chi connectivity index (χ0) is 27.5. The van der Waals surface area contributed by atoms with E-state index < -0.39 is 59.4 Å². The molecule has 1 saturated carbocycles. The molecule has 2 N–H and O–H groups in total. The number of carbonyl (C=O) groups excluding carboxylic acids is 2. The van der Waals surface area contributed by atoms with Crippen molar-refractivity contribution in [2.75, 3.05) is 13.1 Å². The molecular weight excluding hydrogens is 514 g/mol. The van der Waals surface area contributed by atoms with Gasteiger partial charge in [-0.3, -0.25) is 14.5 Å². The Morgan fingerprint density at radius 3 is 2.37 bits per heavy atom. The second-order valence-corrected chi connectivity index (χ2v) is 10.1. The van der Waals surface area contributed by atoms with Crippen molar-refractivity contribution in [3.8, 4) is 0 Å². The Morgan fingerprint density at radius 2 is 1.79 bits per heavy atom. The number of alkyl halides is 5. The van der Waals surface area contributed by atoms with Crippen LogP contribution in [0.3, 0.4) is 0 Å². The molecule has 1 atom stereocenters. The molecule has 12 heteroatoms. The van der Waals surface area contributed by atoms with E-state index in [1.165, 1.54) is 24.3 Å². The van der Waals surface area contributed by atoms with Gasteiger partial charge in [0.05, 0.1) is 24.2 Å². The van der Waals surface area contributed by atoms with Gasteiger partial charge >= 0.3 is 6.18 Å². The molecule has 0 bridgehead atoms. The number of aliphatic imine (C=N–C) groups is 1. The molecule has 5 rings (SSSR count). The lowest BCUT2D eigenvalue weighted by Gasteiger charge is -2.27. The normalized spacial score (nSPS) is 23.2. The van der Waals surface area contributed by atoms with Gasteiger partial charge in [0, 0.05) is 13.0 Å². The molecular formula is C26H24F6N4O2. The van der Waals surface area contributed by atoms with Crippen LogP contribution in [0.5, 0.6) is 0 Å². The number of carbonyl (C=O) groups is 2. The lowest BCUT2D eigenvalue weighted by molar-refractivity contribution is -0.138. The van der Waals surface area contributed by atoms with Gasteiger partial charge in [0.1, 0.15) is 5.82 Å². The Hall–Kier alpha value is -3.57. The third-order valence-electron chi connectivity index (χ3n) is 7.20. The van der Waals surface area contributed by atoms with Crippen LogP contribution in [0.25, 0.3) is 0 Å². The summed E-state index contributed by atoms with van der Waals surface area (Å²) in [5, 5.41) is 0. The van der Waals surface area contributed by atoms with Gasteiger partial charge in [0.2, 0.25) is 0 Å². The number of likely N-dealkylation sites (tertiary alicyclic amines) is 1. The second-order valence-electron chi connectivity index (χ2n) is 10.1. The summed E-state index contributed by atoms with van der Waals surface area (Å²) in [5.41, 5.74) is 3.27. The van der Waals surface area contributed by atoms with Crippen LogP contribution in [0.4, 0.5) is 26.3 Å². The van der Waals surface area contributed by atoms with Gasteiger partial charge in [-0.05, 0) is 47.7 Å². The van der Waals surface area contributed by atoms with Crippen LogP contribution in [0.15, 0.2) is 47.5 Å². The van der Waals surface area contributed by atoms with Crippen molar-refractivity contribution in [3.05, 3.63) is 70.5 Å². The fourth-order valence-corrected chi connectivity index (χ4v) is 5.06. The van der Waals surface area contributed by atoms with Crippen LogP contribution >= 0.6 is 0 Å². The van der Waals surface area contributed by atoms with Crippen LogP contribution in [0.1, 0.15) is 52.7 Å². The van der Waals surface area contributed by atoms with Gasteiger partial charge in [0.25, 0.3) is 17.7 Å². The van der Waals surface area contributed by atoms with E-state index in [0.29, 0.717) is 23.0 Å². The zero-order valence-electron chi connectivity index (χ0n) is 20.1. The highest BCUT2D eigenvalue weighted by molar-refractivity contribution is 6.07. The van der Waals surface area contributed by atoms with E-state index >= 15 is 0 Å². The van der Waals surface area contributed by atoms with E-state index in [1.54, 1.807) is 0 Å². The Balaban J connectivity index is 1.46. The van der Waals surface area contributed by atoms with Crippen molar-refractivity contribution in [1.29, 1.82) is 0 Å². The molecule has 2 aromatic carbocycles. The number of nitrogens with zero attached hydrogens (tertiary/aromatic N) is 3. The molecule has 2 aromatic rings. The molecule has 1 aliphatic carbocycles. The Kier molecular flexibility index (Phi) is 6.18. The number of benzene rings is 2. The molecule has 0 spiro atoms. The zero-order valence-corrected chi connectivity index (χ0v) is 20.1. The van der Waals surface area contributed by atoms with Crippen molar-refractivity contribution in [1.82, 2.24) is 9.80 Å². The first kappa shape index (κ1) is 26.1. The first-order valence-electron chi connectivity index (χ1n) is 12.1. The summed E-state index contributed by atoms with van der Waals surface area (Å²) in [7, 11) is 0. The standard InChI is InChI=1S/C26H24F6N4O2/c27-18-6-4-17(5-7-18)25(12-15-1-2-15)22(38)36(23(33)34-25)13-16-3-8-20(26(30,31)32)19(11-16)21(37)35-10-9-24(28,29)14-35/h3-8,11,15H,1-2,9-10,12-14H2,(H2,33,34).